The van der Waals surface area contributed by atoms with Gasteiger partial charge in [0.15, 0.2) is 0 Å². The third kappa shape index (κ3) is 4.52. The van der Waals surface area contributed by atoms with Crippen molar-refractivity contribution < 1.29 is 0 Å². The number of hydrogen-bond donors (Lipinski definition) is 2. The first kappa shape index (κ1) is 13.0. The van der Waals surface area contributed by atoms with Crippen LogP contribution < -0.4 is 10.6 Å². The molecule has 1 rings (SSSR count). The summed E-state index contributed by atoms with van der Waals surface area (Å²) in [6.45, 7) is 5.59. The van der Waals surface area contributed by atoms with Gasteiger partial charge < -0.3 is 10.6 Å². The van der Waals surface area contributed by atoms with Gasteiger partial charge in [-0.3, -0.25) is 0 Å². The highest BCUT2D eigenvalue weighted by Gasteiger charge is 2.03. The van der Waals surface area contributed by atoms with Crippen molar-refractivity contribution in [2.75, 3.05) is 23.7 Å². The fourth-order valence-corrected chi connectivity index (χ4v) is 1.08. The molecule has 8 nitrogen and oxygen atoms in total. The third-order valence-corrected chi connectivity index (χ3v) is 1.82. The summed E-state index contributed by atoms with van der Waals surface area (Å²) in [6.07, 6.45) is 1.92. The van der Waals surface area contributed by atoms with Gasteiger partial charge in [0.05, 0.1) is 0 Å². The second-order valence-electron chi connectivity index (χ2n) is 3.33. The van der Waals surface area contributed by atoms with Crippen molar-refractivity contribution in [3.05, 3.63) is 10.4 Å². The van der Waals surface area contributed by atoms with Crippen molar-refractivity contribution in [2.45, 2.75) is 26.7 Å². The minimum absolute atomic E-state index is 0.0692. The second kappa shape index (κ2) is 7.24. The largest absolute Gasteiger partial charge is 0.354 e. The van der Waals surface area contributed by atoms with E-state index in [4.69, 9.17) is 5.53 Å². The second-order valence-corrected chi connectivity index (χ2v) is 3.33. The summed E-state index contributed by atoms with van der Waals surface area (Å²) >= 11 is 0. The predicted octanol–water partition coefficient (Wildman–Crippen LogP) is 2.46. The Balaban J connectivity index is 2.87. The Morgan fingerprint density at radius 3 is 2.00 bits per heavy atom. The molecule has 0 radical (unpaired) electrons. The van der Waals surface area contributed by atoms with Crippen LogP contribution in [-0.4, -0.2) is 28.0 Å². The van der Waals surface area contributed by atoms with E-state index in [0.717, 1.165) is 25.9 Å². The van der Waals surface area contributed by atoms with Crippen LogP contribution in [0.2, 0.25) is 0 Å². The van der Waals surface area contributed by atoms with E-state index in [-0.39, 0.29) is 5.95 Å². The van der Waals surface area contributed by atoms with Gasteiger partial charge in [-0.05, 0) is 23.5 Å². The van der Waals surface area contributed by atoms with Gasteiger partial charge in [0, 0.05) is 18.0 Å². The number of aromatic nitrogens is 3. The van der Waals surface area contributed by atoms with E-state index in [1.165, 1.54) is 0 Å². The van der Waals surface area contributed by atoms with Gasteiger partial charge in [-0.2, -0.15) is 15.0 Å². The van der Waals surface area contributed by atoms with Gasteiger partial charge in [0.25, 0.3) is 0 Å². The van der Waals surface area contributed by atoms with Crippen LogP contribution in [0.5, 0.6) is 0 Å². The van der Waals surface area contributed by atoms with E-state index in [1.54, 1.807) is 0 Å². The van der Waals surface area contributed by atoms with Gasteiger partial charge >= 0.3 is 0 Å². The molecule has 0 spiro atoms. The molecule has 1 aromatic heterocycles. The minimum atomic E-state index is 0.0692. The number of azide groups is 1. The van der Waals surface area contributed by atoms with E-state index in [9.17, 15) is 0 Å². The van der Waals surface area contributed by atoms with Crippen molar-refractivity contribution in [2.24, 2.45) is 5.11 Å². The van der Waals surface area contributed by atoms with Crippen molar-refractivity contribution in [1.29, 1.82) is 0 Å². The van der Waals surface area contributed by atoms with E-state index in [2.05, 4.69) is 35.6 Å². The fraction of sp³-hybridized carbons (Fsp3) is 0.667. The van der Waals surface area contributed by atoms with Crippen LogP contribution in [0.1, 0.15) is 26.7 Å². The predicted molar refractivity (Wildman–Crippen MR) is 66.2 cm³/mol. The zero-order valence-corrected chi connectivity index (χ0v) is 10.0. The van der Waals surface area contributed by atoms with E-state index >= 15 is 0 Å². The van der Waals surface area contributed by atoms with Crippen LogP contribution in [0.25, 0.3) is 10.4 Å². The molecule has 0 saturated carbocycles. The fourth-order valence-electron chi connectivity index (χ4n) is 1.08. The summed E-state index contributed by atoms with van der Waals surface area (Å²) in [6, 6.07) is 0. The zero-order valence-electron chi connectivity index (χ0n) is 10.0. The summed E-state index contributed by atoms with van der Waals surface area (Å²) in [7, 11) is 0. The van der Waals surface area contributed by atoms with Crippen molar-refractivity contribution in [3.63, 3.8) is 0 Å². The third-order valence-electron chi connectivity index (χ3n) is 1.82. The lowest BCUT2D eigenvalue weighted by atomic mass is 10.5. The van der Waals surface area contributed by atoms with Crippen LogP contribution >= 0.6 is 0 Å². The average molecular weight is 236 g/mol. The first-order valence-electron chi connectivity index (χ1n) is 5.59. The standard InChI is InChI=1S/C9H16N8/c1-3-5-11-7-13-8(12-6-4-2)15-9(14-7)16-17-10/h3-6H2,1-2H3,(H2,11,12,13,14,15). The van der Waals surface area contributed by atoms with Gasteiger partial charge in [-0.15, -0.1) is 0 Å². The van der Waals surface area contributed by atoms with Crippen LogP contribution in [0.15, 0.2) is 5.11 Å². The van der Waals surface area contributed by atoms with Crippen molar-refractivity contribution in [3.8, 4) is 0 Å². The Hall–Kier alpha value is -2.08. The highest BCUT2D eigenvalue weighted by molar-refractivity contribution is 5.39. The lowest BCUT2D eigenvalue weighted by molar-refractivity contribution is 0.915. The van der Waals surface area contributed by atoms with Crippen LogP contribution in [0, 0.1) is 0 Å². The van der Waals surface area contributed by atoms with Gasteiger partial charge in [-0.1, -0.05) is 13.8 Å². The summed E-state index contributed by atoms with van der Waals surface area (Å²) in [4.78, 5) is 14.8. The van der Waals surface area contributed by atoms with E-state index < -0.39 is 0 Å². The maximum atomic E-state index is 8.37. The molecule has 0 atom stereocenters. The zero-order chi connectivity index (χ0) is 12.5. The molecule has 0 amide bonds. The quantitative estimate of drug-likeness (QED) is 0.429. The molecule has 92 valence electrons. The molecule has 2 N–H and O–H groups in total. The highest BCUT2D eigenvalue weighted by atomic mass is 15.3. The monoisotopic (exact) mass is 236 g/mol. The van der Waals surface area contributed by atoms with Crippen LogP contribution in [0.3, 0.4) is 0 Å². The van der Waals surface area contributed by atoms with Gasteiger partial charge in [-0.25, -0.2) is 0 Å². The molecule has 0 aliphatic rings. The lowest BCUT2D eigenvalue weighted by Gasteiger charge is -2.07. The molecule has 1 heterocycles. The maximum absolute atomic E-state index is 8.37. The topological polar surface area (TPSA) is 111 Å². The minimum Gasteiger partial charge on any atom is -0.354 e. The number of rotatable bonds is 7. The van der Waals surface area contributed by atoms with Crippen LogP contribution in [-0.2, 0) is 0 Å². The lowest BCUT2D eigenvalue weighted by Crippen LogP contribution is -2.09. The molecule has 0 bridgehead atoms. The van der Waals surface area contributed by atoms with Gasteiger partial charge in [0.2, 0.25) is 17.8 Å². The highest BCUT2D eigenvalue weighted by Crippen LogP contribution is 2.11. The van der Waals surface area contributed by atoms with Crippen molar-refractivity contribution >= 4 is 17.8 Å². The Morgan fingerprint density at radius 1 is 1.06 bits per heavy atom. The number of nitrogens with one attached hydrogen (secondary N) is 2. The molecule has 17 heavy (non-hydrogen) atoms. The normalized spacial score (nSPS) is 9.53. The summed E-state index contributed by atoms with van der Waals surface area (Å²) in [5.74, 6) is 0.908. The average Bonchev–Trinajstić information content (AvgIpc) is 2.34. The molecule has 0 aromatic carbocycles. The molecule has 0 fully saturated rings. The smallest absolute Gasteiger partial charge is 0.227 e. The first-order valence-corrected chi connectivity index (χ1v) is 5.59. The first-order chi connectivity index (χ1) is 8.30. The summed E-state index contributed by atoms with van der Waals surface area (Å²) in [5.41, 5.74) is 8.37. The molecule has 0 aliphatic carbocycles. The molecule has 0 aliphatic heterocycles. The van der Waals surface area contributed by atoms with Crippen LogP contribution in [0.4, 0.5) is 17.8 Å². The molecule has 0 saturated heterocycles. The Labute approximate surface area is 99.5 Å². The van der Waals surface area contributed by atoms with Gasteiger partial charge in [0.1, 0.15) is 0 Å². The molecular formula is C9H16N8. The number of hydrogen-bond acceptors (Lipinski definition) is 6. The Bertz CT molecular complexity index is 372. The molecule has 1 aromatic rings. The van der Waals surface area contributed by atoms with E-state index in [0.29, 0.717) is 11.9 Å². The SMILES string of the molecule is CCCNc1nc(N=[N+]=[N-])nc(NCCC)n1. The van der Waals surface area contributed by atoms with Crippen molar-refractivity contribution in [1.82, 2.24) is 15.0 Å². The molecule has 0 unspecified atom stereocenters. The van der Waals surface area contributed by atoms with E-state index in [1.807, 2.05) is 13.8 Å². The Morgan fingerprint density at radius 2 is 1.59 bits per heavy atom. The number of nitrogens with zero attached hydrogens (tertiary/aromatic N) is 6. The summed E-state index contributed by atoms with van der Waals surface area (Å²) in [5, 5.41) is 9.43. The molecular weight excluding hydrogens is 220 g/mol. The molecule has 8 heteroatoms. The number of anilines is 2. The maximum Gasteiger partial charge on any atom is 0.227 e. The Kier molecular flexibility index (Phi) is 5.53. The summed E-state index contributed by atoms with van der Waals surface area (Å²) < 4.78 is 0.